The summed E-state index contributed by atoms with van der Waals surface area (Å²) in [5.41, 5.74) is 5.70. The Hall–Kier alpha value is -0.820. The van der Waals surface area contributed by atoms with Crippen molar-refractivity contribution in [3.63, 3.8) is 0 Å². The standard InChI is InChI=1S/C18H29N/c1-12-7-6-8-18(16(12)5)19-11-17-10-14(3)13(2)9-15(17)4/h9-10,12,16,18-19H,6-8,11H2,1-5H3. The van der Waals surface area contributed by atoms with Crippen molar-refractivity contribution in [3.05, 3.63) is 34.4 Å². The number of nitrogens with one attached hydrogen (secondary N) is 1. The van der Waals surface area contributed by atoms with Gasteiger partial charge in [0, 0.05) is 12.6 Å². The Morgan fingerprint density at radius 3 is 2.42 bits per heavy atom. The molecule has 3 unspecified atom stereocenters. The molecule has 1 aromatic rings. The van der Waals surface area contributed by atoms with E-state index < -0.39 is 0 Å². The van der Waals surface area contributed by atoms with E-state index in [1.165, 1.54) is 41.5 Å². The van der Waals surface area contributed by atoms with E-state index >= 15 is 0 Å². The lowest BCUT2D eigenvalue weighted by atomic mass is 9.78. The van der Waals surface area contributed by atoms with Crippen LogP contribution in [0.2, 0.25) is 0 Å². The lowest BCUT2D eigenvalue weighted by Crippen LogP contribution is -2.40. The van der Waals surface area contributed by atoms with Gasteiger partial charge in [-0.1, -0.05) is 38.8 Å². The zero-order valence-corrected chi connectivity index (χ0v) is 13.2. The summed E-state index contributed by atoms with van der Waals surface area (Å²) < 4.78 is 0. The number of hydrogen-bond acceptors (Lipinski definition) is 1. The molecule has 1 fully saturated rings. The SMILES string of the molecule is Cc1cc(C)c(CNC2CCCC(C)C2C)cc1C. The van der Waals surface area contributed by atoms with Gasteiger partial charge in [0.25, 0.3) is 0 Å². The van der Waals surface area contributed by atoms with Crippen LogP contribution in [0.1, 0.15) is 55.4 Å². The highest BCUT2D eigenvalue weighted by Gasteiger charge is 2.26. The Labute approximate surface area is 118 Å². The second kappa shape index (κ2) is 6.09. The Morgan fingerprint density at radius 1 is 1.00 bits per heavy atom. The van der Waals surface area contributed by atoms with E-state index in [0.717, 1.165) is 18.4 Å². The number of rotatable bonds is 3. The molecule has 0 amide bonds. The Morgan fingerprint density at radius 2 is 1.68 bits per heavy atom. The summed E-state index contributed by atoms with van der Waals surface area (Å²) in [6.07, 6.45) is 4.13. The van der Waals surface area contributed by atoms with Crippen molar-refractivity contribution in [2.75, 3.05) is 0 Å². The molecule has 1 saturated carbocycles. The molecule has 0 aromatic heterocycles. The molecular formula is C18H29N. The fourth-order valence-corrected chi connectivity index (χ4v) is 3.32. The van der Waals surface area contributed by atoms with Crippen LogP contribution < -0.4 is 5.32 Å². The van der Waals surface area contributed by atoms with E-state index in [1.54, 1.807) is 0 Å². The van der Waals surface area contributed by atoms with Gasteiger partial charge in [0.2, 0.25) is 0 Å². The second-order valence-corrected chi connectivity index (χ2v) is 6.62. The van der Waals surface area contributed by atoms with E-state index in [4.69, 9.17) is 0 Å². The van der Waals surface area contributed by atoms with Crippen LogP contribution in [-0.2, 0) is 6.54 Å². The lowest BCUT2D eigenvalue weighted by molar-refractivity contribution is 0.206. The van der Waals surface area contributed by atoms with E-state index in [1.807, 2.05) is 0 Å². The van der Waals surface area contributed by atoms with Gasteiger partial charge in [-0.25, -0.2) is 0 Å². The third-order valence-corrected chi connectivity index (χ3v) is 5.21. The van der Waals surface area contributed by atoms with E-state index in [-0.39, 0.29) is 0 Å². The summed E-state index contributed by atoms with van der Waals surface area (Å²) in [5.74, 6) is 1.67. The van der Waals surface area contributed by atoms with Crippen molar-refractivity contribution in [1.82, 2.24) is 5.32 Å². The monoisotopic (exact) mass is 259 g/mol. The molecule has 19 heavy (non-hydrogen) atoms. The summed E-state index contributed by atoms with van der Waals surface area (Å²) in [4.78, 5) is 0. The summed E-state index contributed by atoms with van der Waals surface area (Å²) in [6.45, 7) is 12.5. The van der Waals surface area contributed by atoms with Gasteiger partial charge in [0.05, 0.1) is 0 Å². The van der Waals surface area contributed by atoms with E-state index in [0.29, 0.717) is 6.04 Å². The predicted molar refractivity (Wildman–Crippen MR) is 83.5 cm³/mol. The molecule has 1 aromatic carbocycles. The first-order valence-electron chi connectivity index (χ1n) is 7.79. The highest BCUT2D eigenvalue weighted by atomic mass is 14.9. The first-order valence-corrected chi connectivity index (χ1v) is 7.79. The topological polar surface area (TPSA) is 12.0 Å². The molecule has 1 aliphatic carbocycles. The van der Waals surface area contributed by atoms with Crippen LogP contribution in [0.3, 0.4) is 0 Å². The first-order chi connectivity index (χ1) is 8.99. The van der Waals surface area contributed by atoms with E-state index in [2.05, 4.69) is 52.1 Å². The highest BCUT2D eigenvalue weighted by molar-refractivity contribution is 5.36. The molecule has 0 spiro atoms. The predicted octanol–water partition coefficient (Wildman–Crippen LogP) is 4.53. The van der Waals surface area contributed by atoms with Gasteiger partial charge in [-0.2, -0.15) is 0 Å². The normalized spacial score (nSPS) is 27.5. The Bertz CT molecular complexity index is 436. The van der Waals surface area contributed by atoms with Crippen LogP contribution in [0.15, 0.2) is 12.1 Å². The van der Waals surface area contributed by atoms with Crippen LogP contribution in [0.4, 0.5) is 0 Å². The Balaban J connectivity index is 2.00. The quantitative estimate of drug-likeness (QED) is 0.841. The van der Waals surface area contributed by atoms with Gasteiger partial charge in [0.15, 0.2) is 0 Å². The summed E-state index contributed by atoms with van der Waals surface area (Å²) in [7, 11) is 0. The fraction of sp³-hybridized carbons (Fsp3) is 0.667. The summed E-state index contributed by atoms with van der Waals surface area (Å²) >= 11 is 0. The molecule has 0 bridgehead atoms. The average Bonchev–Trinajstić information content (AvgIpc) is 2.37. The number of aryl methyl sites for hydroxylation is 3. The lowest BCUT2D eigenvalue weighted by Gasteiger charge is -2.35. The fourth-order valence-electron chi connectivity index (χ4n) is 3.32. The van der Waals surface area contributed by atoms with E-state index in [9.17, 15) is 0 Å². The zero-order chi connectivity index (χ0) is 14.0. The second-order valence-electron chi connectivity index (χ2n) is 6.62. The maximum absolute atomic E-state index is 3.81. The van der Waals surface area contributed by atoms with Crippen molar-refractivity contribution in [2.45, 2.75) is 66.5 Å². The molecule has 1 aliphatic rings. The molecule has 1 heteroatoms. The smallest absolute Gasteiger partial charge is 0.0210 e. The van der Waals surface area contributed by atoms with Crippen LogP contribution in [-0.4, -0.2) is 6.04 Å². The molecule has 1 nitrogen and oxygen atoms in total. The third-order valence-electron chi connectivity index (χ3n) is 5.21. The van der Waals surface area contributed by atoms with Gasteiger partial charge in [-0.3, -0.25) is 0 Å². The highest BCUT2D eigenvalue weighted by Crippen LogP contribution is 2.29. The first kappa shape index (κ1) is 14.6. The maximum atomic E-state index is 3.81. The van der Waals surface area contributed by atoms with Gasteiger partial charge < -0.3 is 5.32 Å². The summed E-state index contributed by atoms with van der Waals surface area (Å²) in [5, 5.41) is 3.81. The van der Waals surface area contributed by atoms with Crippen LogP contribution in [0, 0.1) is 32.6 Å². The zero-order valence-electron chi connectivity index (χ0n) is 13.2. The van der Waals surface area contributed by atoms with Crippen molar-refractivity contribution < 1.29 is 0 Å². The Kier molecular flexibility index (Phi) is 4.67. The van der Waals surface area contributed by atoms with Gasteiger partial charge in [0.1, 0.15) is 0 Å². The number of hydrogen-bond donors (Lipinski definition) is 1. The summed E-state index contributed by atoms with van der Waals surface area (Å²) in [6, 6.07) is 5.37. The molecule has 1 N–H and O–H groups in total. The molecule has 3 atom stereocenters. The minimum atomic E-state index is 0.699. The van der Waals surface area contributed by atoms with Crippen molar-refractivity contribution in [3.8, 4) is 0 Å². The van der Waals surface area contributed by atoms with Gasteiger partial charge in [-0.05, 0) is 61.3 Å². The van der Waals surface area contributed by atoms with Crippen molar-refractivity contribution in [1.29, 1.82) is 0 Å². The third kappa shape index (κ3) is 3.39. The minimum absolute atomic E-state index is 0.699. The van der Waals surface area contributed by atoms with Crippen molar-refractivity contribution >= 4 is 0 Å². The molecule has 0 saturated heterocycles. The van der Waals surface area contributed by atoms with Crippen LogP contribution >= 0.6 is 0 Å². The largest absolute Gasteiger partial charge is 0.310 e. The van der Waals surface area contributed by atoms with Crippen LogP contribution in [0.5, 0.6) is 0 Å². The molecule has 0 aliphatic heterocycles. The maximum Gasteiger partial charge on any atom is 0.0210 e. The average molecular weight is 259 g/mol. The molecule has 106 valence electrons. The minimum Gasteiger partial charge on any atom is -0.310 e. The number of benzene rings is 1. The molecule has 2 rings (SSSR count). The van der Waals surface area contributed by atoms with Gasteiger partial charge >= 0.3 is 0 Å². The van der Waals surface area contributed by atoms with Crippen molar-refractivity contribution in [2.24, 2.45) is 11.8 Å². The molecule has 0 heterocycles. The molecular weight excluding hydrogens is 230 g/mol. The molecule has 0 radical (unpaired) electrons. The van der Waals surface area contributed by atoms with Crippen LogP contribution in [0.25, 0.3) is 0 Å². The van der Waals surface area contributed by atoms with Gasteiger partial charge in [-0.15, -0.1) is 0 Å².